The number of esters is 1. The summed E-state index contributed by atoms with van der Waals surface area (Å²) in [6.45, 7) is -0.167. The molecule has 4 rings (SSSR count). The fourth-order valence-electron chi connectivity index (χ4n) is 3.98. The number of hydrogen-bond acceptors (Lipinski definition) is 6. The largest absolute Gasteiger partial charge is 0.482 e. The fourth-order valence-corrected chi connectivity index (χ4v) is 3.98. The number of allylic oxidation sites excluding steroid dienone is 2. The van der Waals surface area contributed by atoms with E-state index in [9.17, 15) is 14.4 Å². The second-order valence-corrected chi connectivity index (χ2v) is 6.67. The van der Waals surface area contributed by atoms with Crippen molar-refractivity contribution in [2.24, 2.45) is 28.8 Å². The first-order chi connectivity index (χ1) is 12.6. The van der Waals surface area contributed by atoms with Gasteiger partial charge >= 0.3 is 5.97 Å². The van der Waals surface area contributed by atoms with Crippen LogP contribution in [0.2, 0.25) is 0 Å². The first-order valence-corrected chi connectivity index (χ1v) is 8.48. The van der Waals surface area contributed by atoms with Crippen LogP contribution in [0.5, 0.6) is 5.75 Å². The second-order valence-electron chi connectivity index (χ2n) is 6.67. The highest BCUT2D eigenvalue weighted by atomic mass is 16.6. The van der Waals surface area contributed by atoms with Crippen molar-refractivity contribution in [2.75, 3.05) is 13.7 Å². The van der Waals surface area contributed by atoms with Crippen LogP contribution in [0.25, 0.3) is 0 Å². The zero-order valence-electron chi connectivity index (χ0n) is 14.2. The van der Waals surface area contributed by atoms with Gasteiger partial charge in [0.15, 0.2) is 6.61 Å². The van der Waals surface area contributed by atoms with E-state index in [0.29, 0.717) is 11.3 Å². The third-order valence-electron chi connectivity index (χ3n) is 5.23. The molecule has 1 aromatic carbocycles. The summed E-state index contributed by atoms with van der Waals surface area (Å²) in [4.78, 5) is 36.1. The number of benzene rings is 1. The molecule has 26 heavy (non-hydrogen) atoms. The number of hydrazone groups is 1. The molecule has 2 aliphatic carbocycles. The summed E-state index contributed by atoms with van der Waals surface area (Å²) < 4.78 is 9.77. The van der Waals surface area contributed by atoms with Crippen molar-refractivity contribution in [3.63, 3.8) is 0 Å². The Morgan fingerprint density at radius 1 is 1.15 bits per heavy atom. The maximum absolute atomic E-state index is 12.5. The summed E-state index contributed by atoms with van der Waals surface area (Å²) in [6, 6.07) is 6.81. The molecule has 1 aliphatic heterocycles. The normalized spacial score (nSPS) is 28.9. The Morgan fingerprint density at radius 2 is 1.77 bits per heavy atom. The van der Waals surface area contributed by atoms with Crippen LogP contribution in [0.4, 0.5) is 0 Å². The number of amides is 2. The third-order valence-corrected chi connectivity index (χ3v) is 5.23. The van der Waals surface area contributed by atoms with Crippen molar-refractivity contribution in [1.82, 2.24) is 5.01 Å². The van der Waals surface area contributed by atoms with Gasteiger partial charge in [0.25, 0.3) is 11.8 Å². The SMILES string of the molecule is COC(=O)COc1ccc(/C=N\N2C(=O)[C@@H]3[C@H](C2=O)[C@@H]2C=C[C@@H]3C2)cc1. The Kier molecular flexibility index (Phi) is 4.06. The van der Waals surface area contributed by atoms with E-state index < -0.39 is 5.97 Å². The monoisotopic (exact) mass is 354 g/mol. The minimum absolute atomic E-state index is 0.167. The van der Waals surface area contributed by atoms with E-state index in [4.69, 9.17) is 4.74 Å². The predicted molar refractivity (Wildman–Crippen MR) is 91.1 cm³/mol. The smallest absolute Gasteiger partial charge is 0.343 e. The number of fused-ring (bicyclic) bond motifs is 5. The Balaban J connectivity index is 1.41. The number of ether oxygens (including phenoxy) is 2. The molecule has 0 spiro atoms. The van der Waals surface area contributed by atoms with Crippen LogP contribution in [-0.4, -0.2) is 42.7 Å². The van der Waals surface area contributed by atoms with Crippen LogP contribution in [0.15, 0.2) is 41.5 Å². The zero-order valence-corrected chi connectivity index (χ0v) is 14.2. The van der Waals surface area contributed by atoms with E-state index in [1.807, 2.05) is 0 Å². The molecule has 4 atom stereocenters. The highest BCUT2D eigenvalue weighted by Gasteiger charge is 2.59. The molecule has 1 heterocycles. The van der Waals surface area contributed by atoms with Gasteiger partial charge in [-0.25, -0.2) is 4.79 Å². The van der Waals surface area contributed by atoms with Crippen LogP contribution < -0.4 is 4.74 Å². The first-order valence-electron chi connectivity index (χ1n) is 8.48. The highest BCUT2D eigenvalue weighted by Crippen LogP contribution is 2.52. The van der Waals surface area contributed by atoms with Crippen molar-refractivity contribution >= 4 is 24.0 Å². The molecule has 0 radical (unpaired) electrons. The summed E-state index contributed by atoms with van der Waals surface area (Å²) in [6.07, 6.45) is 6.49. The number of rotatable bonds is 5. The van der Waals surface area contributed by atoms with Crippen LogP contribution in [-0.2, 0) is 19.1 Å². The third kappa shape index (κ3) is 2.69. The molecule has 2 bridgehead atoms. The van der Waals surface area contributed by atoms with Crippen LogP contribution in [0.1, 0.15) is 12.0 Å². The second kappa shape index (κ2) is 6.40. The summed E-state index contributed by atoms with van der Waals surface area (Å²) in [5.74, 6) is -0.501. The van der Waals surface area contributed by atoms with Crippen molar-refractivity contribution in [3.8, 4) is 5.75 Å². The van der Waals surface area contributed by atoms with Gasteiger partial charge < -0.3 is 9.47 Å². The number of carbonyl (C=O) groups excluding carboxylic acids is 3. The minimum Gasteiger partial charge on any atom is -0.482 e. The molecule has 2 amide bonds. The van der Waals surface area contributed by atoms with Gasteiger partial charge in [0, 0.05) is 0 Å². The number of nitrogens with zero attached hydrogens (tertiary/aromatic N) is 2. The number of hydrogen-bond donors (Lipinski definition) is 0. The standard InChI is InChI=1S/C19H18N2O5/c1-25-15(22)10-26-14-6-2-11(3-7-14)9-20-21-18(23)16-12-4-5-13(8-12)17(16)19(21)24/h2-7,9,12-13,16-17H,8,10H2,1H3/b20-9-/t12-,13-,16-,17+/m1/s1. The van der Waals surface area contributed by atoms with Crippen molar-refractivity contribution < 1.29 is 23.9 Å². The highest BCUT2D eigenvalue weighted by molar-refractivity contribution is 6.06. The molecule has 0 unspecified atom stereocenters. The van der Waals surface area contributed by atoms with Crippen LogP contribution in [0, 0.1) is 23.7 Å². The van der Waals surface area contributed by atoms with E-state index in [1.54, 1.807) is 24.3 Å². The molecule has 134 valence electrons. The number of carbonyl (C=O) groups is 3. The molecule has 1 aromatic rings. The lowest BCUT2D eigenvalue weighted by Gasteiger charge is -2.13. The van der Waals surface area contributed by atoms with Crippen molar-refractivity contribution in [3.05, 3.63) is 42.0 Å². The first kappa shape index (κ1) is 16.5. The number of imide groups is 1. The molecular formula is C19H18N2O5. The van der Waals surface area contributed by atoms with Gasteiger partial charge in [-0.2, -0.15) is 10.1 Å². The minimum atomic E-state index is -0.462. The molecule has 0 N–H and O–H groups in total. The van der Waals surface area contributed by atoms with Gasteiger partial charge in [0.05, 0.1) is 25.2 Å². The molecule has 1 saturated carbocycles. The fraction of sp³-hybridized carbons (Fsp3) is 0.368. The Hall–Kier alpha value is -2.96. The predicted octanol–water partition coefficient (Wildman–Crippen LogP) is 1.38. The average molecular weight is 354 g/mol. The molecule has 7 nitrogen and oxygen atoms in total. The van der Waals surface area contributed by atoms with E-state index in [1.165, 1.54) is 13.3 Å². The maximum Gasteiger partial charge on any atom is 0.343 e. The number of methoxy groups -OCH3 is 1. The van der Waals surface area contributed by atoms with E-state index in [2.05, 4.69) is 22.0 Å². The average Bonchev–Trinajstić information content (AvgIpc) is 3.33. The zero-order chi connectivity index (χ0) is 18.3. The van der Waals surface area contributed by atoms with Gasteiger partial charge in [-0.05, 0) is 48.1 Å². The molecule has 2 fully saturated rings. The summed E-state index contributed by atoms with van der Waals surface area (Å²) in [5.41, 5.74) is 0.717. The Bertz CT molecular complexity index is 784. The maximum atomic E-state index is 12.5. The van der Waals surface area contributed by atoms with Crippen LogP contribution >= 0.6 is 0 Å². The quantitative estimate of drug-likeness (QED) is 0.345. The van der Waals surface area contributed by atoms with Gasteiger partial charge in [0.1, 0.15) is 5.75 Å². The summed E-state index contributed by atoms with van der Waals surface area (Å²) >= 11 is 0. The molecular weight excluding hydrogens is 336 g/mol. The van der Waals surface area contributed by atoms with E-state index in [0.717, 1.165) is 11.4 Å². The molecule has 1 saturated heterocycles. The van der Waals surface area contributed by atoms with E-state index in [-0.39, 0.29) is 42.1 Å². The summed E-state index contributed by atoms with van der Waals surface area (Å²) in [5, 5.41) is 5.14. The van der Waals surface area contributed by atoms with Gasteiger partial charge in [0.2, 0.25) is 0 Å². The van der Waals surface area contributed by atoms with Gasteiger partial charge in [-0.15, -0.1) is 0 Å². The topological polar surface area (TPSA) is 85.3 Å². The van der Waals surface area contributed by atoms with Gasteiger partial charge in [-0.1, -0.05) is 12.2 Å². The molecule has 7 heteroatoms. The van der Waals surface area contributed by atoms with Crippen molar-refractivity contribution in [2.45, 2.75) is 6.42 Å². The molecule has 0 aromatic heterocycles. The van der Waals surface area contributed by atoms with Crippen LogP contribution in [0.3, 0.4) is 0 Å². The Labute approximate surface area is 150 Å². The van der Waals surface area contributed by atoms with E-state index >= 15 is 0 Å². The lowest BCUT2D eigenvalue weighted by molar-refractivity contribution is -0.143. The summed E-state index contributed by atoms with van der Waals surface area (Å²) in [7, 11) is 1.29. The van der Waals surface area contributed by atoms with Gasteiger partial charge in [-0.3, -0.25) is 9.59 Å². The lowest BCUT2D eigenvalue weighted by Crippen LogP contribution is -2.28. The molecule has 3 aliphatic rings. The van der Waals surface area contributed by atoms with Crippen molar-refractivity contribution in [1.29, 1.82) is 0 Å². The Morgan fingerprint density at radius 3 is 2.35 bits per heavy atom. The lowest BCUT2D eigenvalue weighted by atomic mass is 9.85.